The first-order chi connectivity index (χ1) is 14.2. The van der Waals surface area contributed by atoms with Crippen LogP contribution in [0.4, 0.5) is 18.9 Å². The van der Waals surface area contributed by atoms with Crippen LogP contribution in [0, 0.1) is 5.92 Å². The number of aliphatic carboxylic acids is 1. The maximum atomic E-state index is 12.8. The third-order valence-electron chi connectivity index (χ3n) is 5.03. The molecule has 1 aromatic heterocycles. The molecule has 1 unspecified atom stereocenters. The molecule has 6 nitrogen and oxygen atoms in total. The van der Waals surface area contributed by atoms with Gasteiger partial charge in [0.15, 0.2) is 0 Å². The molecule has 1 saturated heterocycles. The SMILES string of the molecule is O=C(Nc1cccc(CN2CCCC(C(=O)O)CC2)c1)c1cccc(C(F)(F)F)n1. The van der Waals surface area contributed by atoms with Gasteiger partial charge in [0.25, 0.3) is 5.91 Å². The molecule has 0 aliphatic carbocycles. The minimum atomic E-state index is -4.62. The van der Waals surface area contributed by atoms with Crippen LogP contribution < -0.4 is 5.32 Å². The predicted molar refractivity (Wildman–Crippen MR) is 104 cm³/mol. The number of halogens is 3. The van der Waals surface area contributed by atoms with E-state index in [0.717, 1.165) is 30.7 Å². The van der Waals surface area contributed by atoms with Gasteiger partial charge >= 0.3 is 12.1 Å². The van der Waals surface area contributed by atoms with Gasteiger partial charge in [0.05, 0.1) is 5.92 Å². The van der Waals surface area contributed by atoms with E-state index in [9.17, 15) is 27.9 Å². The van der Waals surface area contributed by atoms with Crippen LogP contribution in [0.2, 0.25) is 0 Å². The number of likely N-dealkylation sites (tertiary alicyclic amines) is 1. The summed E-state index contributed by atoms with van der Waals surface area (Å²) in [4.78, 5) is 29.1. The summed E-state index contributed by atoms with van der Waals surface area (Å²) in [5, 5.41) is 11.8. The van der Waals surface area contributed by atoms with E-state index >= 15 is 0 Å². The molecule has 1 aliphatic heterocycles. The monoisotopic (exact) mass is 421 g/mol. The smallest absolute Gasteiger partial charge is 0.433 e. The highest BCUT2D eigenvalue weighted by Crippen LogP contribution is 2.27. The number of carboxylic acid groups (broad SMARTS) is 1. The van der Waals surface area contributed by atoms with Crippen molar-refractivity contribution in [2.45, 2.75) is 32.0 Å². The van der Waals surface area contributed by atoms with Gasteiger partial charge in [-0.3, -0.25) is 14.5 Å². The first kappa shape index (κ1) is 21.8. The van der Waals surface area contributed by atoms with Crippen LogP contribution in [0.5, 0.6) is 0 Å². The second-order valence-corrected chi connectivity index (χ2v) is 7.30. The molecule has 2 aromatic rings. The van der Waals surface area contributed by atoms with Crippen molar-refractivity contribution in [1.82, 2.24) is 9.88 Å². The van der Waals surface area contributed by atoms with Crippen molar-refractivity contribution in [2.75, 3.05) is 18.4 Å². The summed E-state index contributed by atoms with van der Waals surface area (Å²) >= 11 is 0. The van der Waals surface area contributed by atoms with Crippen molar-refractivity contribution in [2.24, 2.45) is 5.92 Å². The number of hydrogen-bond acceptors (Lipinski definition) is 4. The van der Waals surface area contributed by atoms with Crippen molar-refractivity contribution in [3.63, 3.8) is 0 Å². The third kappa shape index (κ3) is 5.79. The van der Waals surface area contributed by atoms with E-state index in [0.29, 0.717) is 31.6 Å². The fraction of sp³-hybridized carbons (Fsp3) is 0.381. The molecule has 2 N–H and O–H groups in total. The van der Waals surface area contributed by atoms with Gasteiger partial charge in [0.1, 0.15) is 11.4 Å². The number of nitrogens with one attached hydrogen (secondary N) is 1. The normalized spacial score (nSPS) is 17.9. The first-order valence-corrected chi connectivity index (χ1v) is 9.62. The van der Waals surface area contributed by atoms with Crippen molar-refractivity contribution in [1.29, 1.82) is 0 Å². The summed E-state index contributed by atoms with van der Waals surface area (Å²) < 4.78 is 38.4. The van der Waals surface area contributed by atoms with Gasteiger partial charge in [0.2, 0.25) is 0 Å². The van der Waals surface area contributed by atoms with E-state index in [1.165, 1.54) is 6.07 Å². The molecule has 1 aromatic carbocycles. The Bertz CT molecular complexity index is 918. The largest absolute Gasteiger partial charge is 0.481 e. The van der Waals surface area contributed by atoms with Crippen LogP contribution in [0.3, 0.4) is 0 Å². The summed E-state index contributed by atoms with van der Waals surface area (Å²) in [6, 6.07) is 10.2. The lowest BCUT2D eigenvalue weighted by Crippen LogP contribution is -2.25. The fourth-order valence-corrected chi connectivity index (χ4v) is 3.48. The highest BCUT2D eigenvalue weighted by molar-refractivity contribution is 6.02. The summed E-state index contributed by atoms with van der Waals surface area (Å²) in [5.41, 5.74) is -0.0688. The Morgan fingerprint density at radius 2 is 1.90 bits per heavy atom. The number of carbonyl (C=O) groups excluding carboxylic acids is 1. The summed E-state index contributed by atoms with van der Waals surface area (Å²) in [5.74, 6) is -1.80. The van der Waals surface area contributed by atoms with Gasteiger partial charge in [-0.15, -0.1) is 0 Å². The molecular weight excluding hydrogens is 399 g/mol. The molecule has 1 atom stereocenters. The van der Waals surface area contributed by atoms with E-state index in [1.54, 1.807) is 18.2 Å². The molecule has 1 fully saturated rings. The topological polar surface area (TPSA) is 82.5 Å². The molecule has 30 heavy (non-hydrogen) atoms. The number of rotatable bonds is 5. The van der Waals surface area contributed by atoms with Crippen LogP contribution in [0.15, 0.2) is 42.5 Å². The minimum absolute atomic E-state index is 0.317. The lowest BCUT2D eigenvalue weighted by molar-refractivity contribution is -0.142. The zero-order valence-corrected chi connectivity index (χ0v) is 16.2. The van der Waals surface area contributed by atoms with Crippen LogP contribution >= 0.6 is 0 Å². The molecule has 1 amide bonds. The molecule has 9 heteroatoms. The van der Waals surface area contributed by atoms with Gasteiger partial charge in [-0.25, -0.2) is 4.98 Å². The lowest BCUT2D eigenvalue weighted by atomic mass is 10.0. The van der Waals surface area contributed by atoms with Gasteiger partial charge in [-0.1, -0.05) is 18.2 Å². The molecule has 2 heterocycles. The summed E-state index contributed by atoms with van der Waals surface area (Å²) in [6.07, 6.45) is -2.57. The quantitative estimate of drug-likeness (QED) is 0.762. The standard InChI is InChI=1S/C21H22F3N3O3/c22-21(23,24)18-8-2-7-17(26-18)19(28)25-16-6-1-4-14(12-16)13-27-10-3-5-15(9-11-27)20(29)30/h1-2,4,6-8,12,15H,3,5,9-11,13H2,(H,25,28)(H,29,30). The first-order valence-electron chi connectivity index (χ1n) is 9.62. The third-order valence-corrected chi connectivity index (χ3v) is 5.03. The van der Waals surface area contributed by atoms with E-state index in [1.807, 2.05) is 6.07 Å². The van der Waals surface area contributed by atoms with E-state index in [4.69, 9.17) is 0 Å². The Hall–Kier alpha value is -2.94. The van der Waals surface area contributed by atoms with E-state index < -0.39 is 23.7 Å². The van der Waals surface area contributed by atoms with Crippen molar-refractivity contribution < 1.29 is 27.9 Å². The van der Waals surface area contributed by atoms with Crippen molar-refractivity contribution in [3.8, 4) is 0 Å². The Morgan fingerprint density at radius 3 is 2.63 bits per heavy atom. The number of carbonyl (C=O) groups is 2. The Balaban J connectivity index is 1.64. The number of amides is 1. The number of pyridine rings is 1. The van der Waals surface area contributed by atoms with Crippen LogP contribution in [-0.4, -0.2) is 40.0 Å². The number of alkyl halides is 3. The van der Waals surface area contributed by atoms with Crippen LogP contribution in [0.1, 0.15) is 41.0 Å². The molecular formula is C21H22F3N3O3. The molecule has 0 bridgehead atoms. The number of carboxylic acids is 1. The van der Waals surface area contributed by atoms with Gasteiger partial charge < -0.3 is 10.4 Å². The average Bonchev–Trinajstić information content (AvgIpc) is 2.93. The Labute approximate surface area is 171 Å². The summed E-state index contributed by atoms with van der Waals surface area (Å²) in [6.45, 7) is 2.05. The van der Waals surface area contributed by atoms with Crippen molar-refractivity contribution >= 4 is 17.6 Å². The highest BCUT2D eigenvalue weighted by atomic mass is 19.4. The number of aromatic nitrogens is 1. The second kappa shape index (κ2) is 9.25. The maximum absolute atomic E-state index is 12.8. The molecule has 0 spiro atoms. The highest BCUT2D eigenvalue weighted by Gasteiger charge is 2.33. The van der Waals surface area contributed by atoms with Crippen LogP contribution in [-0.2, 0) is 17.5 Å². The van der Waals surface area contributed by atoms with Gasteiger partial charge in [-0.05, 0) is 62.2 Å². The lowest BCUT2D eigenvalue weighted by Gasteiger charge is -2.20. The van der Waals surface area contributed by atoms with Crippen LogP contribution in [0.25, 0.3) is 0 Å². The average molecular weight is 421 g/mol. The second-order valence-electron chi connectivity index (χ2n) is 7.30. The molecule has 160 valence electrons. The molecule has 1 aliphatic rings. The maximum Gasteiger partial charge on any atom is 0.433 e. The van der Waals surface area contributed by atoms with Crippen molar-refractivity contribution in [3.05, 3.63) is 59.4 Å². The Kier molecular flexibility index (Phi) is 6.71. The number of nitrogens with zero attached hydrogens (tertiary/aromatic N) is 2. The van der Waals surface area contributed by atoms with E-state index in [2.05, 4.69) is 15.2 Å². The Morgan fingerprint density at radius 1 is 1.13 bits per heavy atom. The zero-order chi connectivity index (χ0) is 21.7. The fourth-order valence-electron chi connectivity index (χ4n) is 3.48. The number of benzene rings is 1. The minimum Gasteiger partial charge on any atom is -0.481 e. The molecule has 0 radical (unpaired) electrons. The number of hydrogen-bond donors (Lipinski definition) is 2. The van der Waals surface area contributed by atoms with Gasteiger partial charge in [0, 0.05) is 12.2 Å². The summed E-state index contributed by atoms with van der Waals surface area (Å²) in [7, 11) is 0. The molecule has 0 saturated carbocycles. The van der Waals surface area contributed by atoms with Gasteiger partial charge in [-0.2, -0.15) is 13.2 Å². The predicted octanol–water partition coefficient (Wildman–Crippen LogP) is 4.04. The number of anilines is 1. The van der Waals surface area contributed by atoms with E-state index in [-0.39, 0.29) is 11.6 Å². The molecule has 3 rings (SSSR count). The zero-order valence-electron chi connectivity index (χ0n) is 16.2.